The van der Waals surface area contributed by atoms with Crippen molar-refractivity contribution in [2.24, 2.45) is 5.14 Å². The maximum Gasteiger partial charge on any atom is 0.238 e. The van der Waals surface area contributed by atoms with Crippen LogP contribution in [0.2, 0.25) is 0 Å². The lowest BCUT2D eigenvalue weighted by Gasteiger charge is -2.26. The van der Waals surface area contributed by atoms with E-state index in [2.05, 4.69) is 21.8 Å². The van der Waals surface area contributed by atoms with Crippen molar-refractivity contribution in [2.75, 3.05) is 5.75 Å². The third kappa shape index (κ3) is 5.61. The quantitative estimate of drug-likeness (QED) is 0.649. The number of primary sulfonamides is 1. The number of imidazole rings is 1. The summed E-state index contributed by atoms with van der Waals surface area (Å²) in [5.74, 6) is 0.205. The topological polar surface area (TPSA) is 107 Å². The number of aryl methyl sites for hydroxylation is 1. The molecule has 7 nitrogen and oxygen atoms in total. The summed E-state index contributed by atoms with van der Waals surface area (Å²) in [6.07, 6.45) is 6.13. The van der Waals surface area contributed by atoms with E-state index in [1.54, 1.807) is 12.1 Å². The lowest BCUT2D eigenvalue weighted by molar-refractivity contribution is -0.118. The molecule has 158 valence electrons. The van der Waals surface area contributed by atoms with Crippen LogP contribution in [0, 0.1) is 13.8 Å². The van der Waals surface area contributed by atoms with E-state index >= 15 is 0 Å². The third-order valence-electron chi connectivity index (χ3n) is 5.37. The molecule has 0 unspecified atom stereocenters. The van der Waals surface area contributed by atoms with Crippen molar-refractivity contribution < 1.29 is 13.2 Å². The van der Waals surface area contributed by atoms with Crippen molar-refractivity contribution in [3.05, 3.63) is 41.2 Å². The molecule has 29 heavy (non-hydrogen) atoms. The van der Waals surface area contributed by atoms with Crippen LogP contribution in [0.15, 0.2) is 34.3 Å². The number of hydrogen-bond donors (Lipinski definition) is 2. The molecule has 0 atom stereocenters. The van der Waals surface area contributed by atoms with Crippen molar-refractivity contribution in [3.8, 4) is 0 Å². The first kappa shape index (κ1) is 21.9. The Morgan fingerprint density at radius 1 is 1.21 bits per heavy atom. The Balaban J connectivity index is 1.56. The van der Waals surface area contributed by atoms with Gasteiger partial charge in [0.15, 0.2) is 5.16 Å². The number of nitrogens with one attached hydrogen (secondary N) is 1. The number of sulfonamides is 1. The van der Waals surface area contributed by atoms with Crippen LogP contribution in [0.5, 0.6) is 0 Å². The molecule has 0 saturated heterocycles. The second-order valence-corrected chi connectivity index (χ2v) is 9.99. The minimum absolute atomic E-state index is 0.0587. The fourth-order valence-corrected chi connectivity index (χ4v) is 5.15. The Morgan fingerprint density at radius 2 is 1.86 bits per heavy atom. The Labute approximate surface area is 176 Å². The Morgan fingerprint density at radius 3 is 2.48 bits per heavy atom. The van der Waals surface area contributed by atoms with Crippen molar-refractivity contribution in [1.29, 1.82) is 0 Å². The van der Waals surface area contributed by atoms with Gasteiger partial charge >= 0.3 is 0 Å². The highest BCUT2D eigenvalue weighted by Crippen LogP contribution is 2.34. The molecule has 3 N–H and O–H groups in total. The lowest BCUT2D eigenvalue weighted by Crippen LogP contribution is -2.25. The smallest absolute Gasteiger partial charge is 0.238 e. The van der Waals surface area contributed by atoms with Gasteiger partial charge in [0.05, 0.1) is 16.3 Å². The molecule has 0 radical (unpaired) electrons. The Bertz CT molecular complexity index is 962. The van der Waals surface area contributed by atoms with Crippen molar-refractivity contribution in [3.63, 3.8) is 0 Å². The van der Waals surface area contributed by atoms with Gasteiger partial charge in [-0.25, -0.2) is 18.5 Å². The molecule has 1 aromatic heterocycles. The van der Waals surface area contributed by atoms with Gasteiger partial charge in [0, 0.05) is 18.3 Å². The standard InChI is InChI=1S/C20H28N4O3S2/c1-14-15(2)24(17-6-4-3-5-7-17)20(23-14)28-13-19(25)22-12-16-8-10-18(11-9-16)29(21,26)27/h8-11,17H,3-7,12-13H2,1-2H3,(H,22,25)(H2,21,26,27). The van der Waals surface area contributed by atoms with Crippen LogP contribution < -0.4 is 10.5 Å². The highest BCUT2D eigenvalue weighted by Gasteiger charge is 2.22. The van der Waals surface area contributed by atoms with Gasteiger partial charge in [0.25, 0.3) is 0 Å². The molecular formula is C20H28N4O3S2. The van der Waals surface area contributed by atoms with Crippen LogP contribution in [0.4, 0.5) is 0 Å². The zero-order valence-electron chi connectivity index (χ0n) is 16.8. The van der Waals surface area contributed by atoms with E-state index in [0.29, 0.717) is 12.6 Å². The van der Waals surface area contributed by atoms with Crippen LogP contribution >= 0.6 is 11.8 Å². The number of nitrogens with zero attached hydrogens (tertiary/aromatic N) is 2. The first-order chi connectivity index (χ1) is 13.8. The Kier molecular flexibility index (Phi) is 7.02. The van der Waals surface area contributed by atoms with Crippen LogP contribution in [0.3, 0.4) is 0 Å². The monoisotopic (exact) mass is 436 g/mol. The predicted octanol–water partition coefficient (Wildman–Crippen LogP) is 3.06. The highest BCUT2D eigenvalue weighted by atomic mass is 32.2. The number of thioether (sulfide) groups is 1. The van der Waals surface area contributed by atoms with Gasteiger partial charge in [-0.05, 0) is 44.4 Å². The predicted molar refractivity (Wildman–Crippen MR) is 114 cm³/mol. The lowest BCUT2D eigenvalue weighted by atomic mass is 9.95. The second kappa shape index (κ2) is 9.32. The molecule has 3 rings (SSSR count). The normalized spacial score (nSPS) is 15.4. The van der Waals surface area contributed by atoms with Crippen molar-refractivity contribution in [1.82, 2.24) is 14.9 Å². The zero-order chi connectivity index (χ0) is 21.0. The van der Waals surface area contributed by atoms with E-state index in [-0.39, 0.29) is 16.6 Å². The molecular weight excluding hydrogens is 408 g/mol. The van der Waals surface area contributed by atoms with Gasteiger partial charge in [-0.15, -0.1) is 0 Å². The maximum absolute atomic E-state index is 12.3. The van der Waals surface area contributed by atoms with Gasteiger partial charge in [-0.1, -0.05) is 43.2 Å². The maximum atomic E-state index is 12.3. The van der Waals surface area contributed by atoms with E-state index in [4.69, 9.17) is 5.14 Å². The summed E-state index contributed by atoms with van der Waals surface area (Å²) in [6, 6.07) is 6.66. The zero-order valence-corrected chi connectivity index (χ0v) is 18.5. The Hall–Kier alpha value is -1.84. The van der Waals surface area contributed by atoms with E-state index in [1.165, 1.54) is 61.7 Å². The summed E-state index contributed by atoms with van der Waals surface area (Å²) in [5.41, 5.74) is 3.02. The van der Waals surface area contributed by atoms with Gasteiger partial charge in [-0.3, -0.25) is 4.79 Å². The minimum Gasteiger partial charge on any atom is -0.351 e. The molecule has 1 aliphatic rings. The van der Waals surface area contributed by atoms with E-state index < -0.39 is 10.0 Å². The molecule has 1 heterocycles. The van der Waals surface area contributed by atoms with Gasteiger partial charge in [0.1, 0.15) is 0 Å². The molecule has 1 saturated carbocycles. The molecule has 1 amide bonds. The van der Waals surface area contributed by atoms with Gasteiger partial charge in [-0.2, -0.15) is 0 Å². The van der Waals surface area contributed by atoms with Crippen LogP contribution in [0.1, 0.15) is 55.1 Å². The first-order valence-electron chi connectivity index (χ1n) is 9.82. The number of amides is 1. The molecule has 2 aromatic rings. The number of hydrogen-bond acceptors (Lipinski definition) is 5. The second-order valence-electron chi connectivity index (χ2n) is 7.48. The molecule has 1 aromatic carbocycles. The highest BCUT2D eigenvalue weighted by molar-refractivity contribution is 7.99. The molecule has 0 aliphatic heterocycles. The van der Waals surface area contributed by atoms with Gasteiger partial charge < -0.3 is 9.88 Å². The molecule has 1 aliphatic carbocycles. The van der Waals surface area contributed by atoms with Crippen molar-refractivity contribution >= 4 is 27.7 Å². The van der Waals surface area contributed by atoms with Crippen molar-refractivity contribution in [2.45, 2.75) is 68.6 Å². The van der Waals surface area contributed by atoms with Crippen LogP contribution in [0.25, 0.3) is 0 Å². The molecule has 9 heteroatoms. The number of carbonyl (C=O) groups excluding carboxylic acids is 1. The number of benzene rings is 1. The first-order valence-corrected chi connectivity index (χ1v) is 12.4. The largest absolute Gasteiger partial charge is 0.351 e. The average Bonchev–Trinajstić information content (AvgIpc) is 2.99. The summed E-state index contributed by atoms with van der Waals surface area (Å²) in [4.78, 5) is 17.1. The third-order valence-corrected chi connectivity index (χ3v) is 7.25. The van der Waals surface area contributed by atoms with E-state index in [9.17, 15) is 13.2 Å². The molecule has 1 fully saturated rings. The SMILES string of the molecule is Cc1nc(SCC(=O)NCc2ccc(S(N)(=O)=O)cc2)n(C2CCCCC2)c1C. The molecule has 0 spiro atoms. The van der Waals surface area contributed by atoms with E-state index in [0.717, 1.165) is 16.4 Å². The fraction of sp³-hybridized carbons (Fsp3) is 0.500. The van der Waals surface area contributed by atoms with Crippen LogP contribution in [-0.4, -0.2) is 29.6 Å². The molecule has 0 bridgehead atoms. The van der Waals surface area contributed by atoms with Crippen LogP contribution in [-0.2, 0) is 21.4 Å². The average molecular weight is 437 g/mol. The summed E-state index contributed by atoms with van der Waals surface area (Å²) in [6.45, 7) is 4.45. The number of rotatable bonds is 7. The van der Waals surface area contributed by atoms with Gasteiger partial charge in [0.2, 0.25) is 15.9 Å². The number of carbonyl (C=O) groups is 1. The summed E-state index contributed by atoms with van der Waals surface area (Å²) in [7, 11) is -3.71. The summed E-state index contributed by atoms with van der Waals surface area (Å²) >= 11 is 1.47. The summed E-state index contributed by atoms with van der Waals surface area (Å²) in [5, 5.41) is 8.88. The fourth-order valence-electron chi connectivity index (χ4n) is 3.65. The number of nitrogens with two attached hydrogens (primary N) is 1. The minimum atomic E-state index is -3.71. The number of aromatic nitrogens is 2. The van der Waals surface area contributed by atoms with E-state index in [1.807, 2.05) is 6.92 Å². The summed E-state index contributed by atoms with van der Waals surface area (Å²) < 4.78 is 24.9.